The van der Waals surface area contributed by atoms with Gasteiger partial charge in [0.1, 0.15) is 0 Å². The van der Waals surface area contributed by atoms with Gasteiger partial charge in [0, 0.05) is 12.4 Å². The Morgan fingerprint density at radius 2 is 2.13 bits per heavy atom. The van der Waals surface area contributed by atoms with E-state index in [9.17, 15) is 5.11 Å². The van der Waals surface area contributed by atoms with Gasteiger partial charge < -0.3 is 5.11 Å². The Bertz CT molecular complexity index is 423. The van der Waals surface area contributed by atoms with Crippen LogP contribution in [0.3, 0.4) is 0 Å². The van der Waals surface area contributed by atoms with Crippen molar-refractivity contribution >= 4 is 0 Å². The van der Waals surface area contributed by atoms with Gasteiger partial charge in [0.2, 0.25) is 0 Å². The van der Waals surface area contributed by atoms with Gasteiger partial charge in [-0.2, -0.15) is 5.10 Å². The molecule has 1 unspecified atom stereocenters. The molecule has 0 fully saturated rings. The predicted molar refractivity (Wildman–Crippen MR) is 58.4 cm³/mol. The fraction of sp³-hybridized carbons (Fsp3) is 0.250. The zero-order valence-electron chi connectivity index (χ0n) is 8.67. The van der Waals surface area contributed by atoms with Gasteiger partial charge in [-0.25, -0.2) is 0 Å². The number of rotatable bonds is 3. The lowest BCUT2D eigenvalue weighted by Gasteiger charge is -2.13. The third-order valence-electron chi connectivity index (χ3n) is 2.47. The Hall–Kier alpha value is -1.61. The lowest BCUT2D eigenvalue weighted by Crippen LogP contribution is -2.10. The molecule has 3 heteroatoms. The Morgan fingerprint density at radius 1 is 1.33 bits per heavy atom. The number of aromatic nitrogens is 2. The first-order valence-corrected chi connectivity index (χ1v) is 4.98. The van der Waals surface area contributed by atoms with Crippen molar-refractivity contribution in [1.29, 1.82) is 0 Å². The molecule has 15 heavy (non-hydrogen) atoms. The van der Waals surface area contributed by atoms with Crippen LogP contribution in [0.15, 0.2) is 42.7 Å². The third-order valence-corrected chi connectivity index (χ3v) is 2.47. The molecule has 2 aromatic rings. The van der Waals surface area contributed by atoms with Crippen molar-refractivity contribution in [3.05, 3.63) is 53.9 Å². The summed E-state index contributed by atoms with van der Waals surface area (Å²) in [6, 6.07) is 9.71. The average molecular weight is 202 g/mol. The number of aryl methyl sites for hydroxylation is 1. The molecule has 0 aliphatic carbocycles. The van der Waals surface area contributed by atoms with E-state index in [0.717, 1.165) is 11.1 Å². The van der Waals surface area contributed by atoms with E-state index in [2.05, 4.69) is 5.10 Å². The first kappa shape index (κ1) is 9.93. The quantitative estimate of drug-likeness (QED) is 0.825. The first-order chi connectivity index (χ1) is 7.27. The summed E-state index contributed by atoms with van der Waals surface area (Å²) in [6.07, 6.45) is 3.07. The molecule has 1 aromatic heterocycles. The van der Waals surface area contributed by atoms with Crippen LogP contribution in [0.5, 0.6) is 0 Å². The molecule has 78 valence electrons. The highest BCUT2D eigenvalue weighted by atomic mass is 16.3. The van der Waals surface area contributed by atoms with Crippen LogP contribution in [0.25, 0.3) is 0 Å². The maximum Gasteiger partial charge on any atom is 0.0988 e. The molecule has 0 saturated heterocycles. The maximum absolute atomic E-state index is 10.0. The number of nitrogens with zero attached hydrogens (tertiary/aromatic N) is 2. The van der Waals surface area contributed by atoms with Crippen LogP contribution in [-0.2, 0) is 6.54 Å². The highest BCUT2D eigenvalue weighted by molar-refractivity contribution is 5.27. The first-order valence-electron chi connectivity index (χ1n) is 4.98. The molecular weight excluding hydrogens is 188 g/mol. The summed E-state index contributed by atoms with van der Waals surface area (Å²) in [5.41, 5.74) is 2.07. The SMILES string of the molecule is Cc1ccccc1C(O)Cn1cccn1. The van der Waals surface area contributed by atoms with Gasteiger partial charge >= 0.3 is 0 Å². The fourth-order valence-electron chi connectivity index (χ4n) is 1.64. The molecule has 3 nitrogen and oxygen atoms in total. The summed E-state index contributed by atoms with van der Waals surface area (Å²) in [7, 11) is 0. The molecule has 0 saturated carbocycles. The van der Waals surface area contributed by atoms with E-state index in [4.69, 9.17) is 0 Å². The Labute approximate surface area is 89.0 Å². The fourth-order valence-corrected chi connectivity index (χ4v) is 1.64. The van der Waals surface area contributed by atoms with Crippen molar-refractivity contribution in [3.8, 4) is 0 Å². The summed E-state index contributed by atoms with van der Waals surface area (Å²) in [5, 5.41) is 14.1. The van der Waals surface area contributed by atoms with Crippen molar-refractivity contribution in [2.24, 2.45) is 0 Å². The van der Waals surface area contributed by atoms with E-state index in [0.29, 0.717) is 6.54 Å². The topological polar surface area (TPSA) is 38.0 Å². The minimum absolute atomic E-state index is 0.494. The summed E-state index contributed by atoms with van der Waals surface area (Å²) < 4.78 is 1.73. The third kappa shape index (κ3) is 2.25. The minimum atomic E-state index is -0.494. The highest BCUT2D eigenvalue weighted by Gasteiger charge is 2.10. The van der Waals surface area contributed by atoms with Crippen molar-refractivity contribution in [1.82, 2.24) is 9.78 Å². The van der Waals surface area contributed by atoms with E-state index in [1.54, 1.807) is 10.9 Å². The summed E-state index contributed by atoms with van der Waals surface area (Å²) >= 11 is 0. The average Bonchev–Trinajstić information content (AvgIpc) is 2.71. The zero-order valence-corrected chi connectivity index (χ0v) is 8.67. The minimum Gasteiger partial charge on any atom is -0.386 e. The number of hydrogen-bond donors (Lipinski definition) is 1. The molecule has 0 amide bonds. The van der Waals surface area contributed by atoms with Crippen LogP contribution in [0.1, 0.15) is 17.2 Å². The van der Waals surface area contributed by atoms with Crippen LogP contribution in [0.2, 0.25) is 0 Å². The van der Waals surface area contributed by atoms with Crippen molar-refractivity contribution in [3.63, 3.8) is 0 Å². The zero-order chi connectivity index (χ0) is 10.7. The normalized spacial score (nSPS) is 12.7. The summed E-state index contributed by atoms with van der Waals surface area (Å²) in [4.78, 5) is 0. The van der Waals surface area contributed by atoms with Crippen LogP contribution in [-0.4, -0.2) is 14.9 Å². The van der Waals surface area contributed by atoms with Gasteiger partial charge in [0.15, 0.2) is 0 Å². The van der Waals surface area contributed by atoms with E-state index in [1.165, 1.54) is 0 Å². The largest absolute Gasteiger partial charge is 0.386 e. The Kier molecular flexibility index (Phi) is 2.83. The second-order valence-corrected chi connectivity index (χ2v) is 3.60. The molecule has 0 spiro atoms. The van der Waals surface area contributed by atoms with Gasteiger partial charge in [-0.05, 0) is 24.1 Å². The van der Waals surface area contributed by atoms with E-state index < -0.39 is 6.10 Å². The molecule has 1 aromatic carbocycles. The van der Waals surface area contributed by atoms with Gasteiger partial charge in [-0.1, -0.05) is 24.3 Å². The molecule has 0 bridgehead atoms. The molecule has 0 aliphatic heterocycles. The van der Waals surface area contributed by atoms with Gasteiger partial charge in [-0.15, -0.1) is 0 Å². The summed E-state index contributed by atoms with van der Waals surface area (Å²) in [5.74, 6) is 0. The van der Waals surface area contributed by atoms with E-state index >= 15 is 0 Å². The maximum atomic E-state index is 10.0. The molecule has 0 radical (unpaired) electrons. The number of hydrogen-bond acceptors (Lipinski definition) is 2. The number of benzene rings is 1. The number of aliphatic hydroxyl groups excluding tert-OH is 1. The lowest BCUT2D eigenvalue weighted by atomic mass is 10.0. The Balaban J connectivity index is 2.15. The number of aliphatic hydroxyl groups is 1. The van der Waals surface area contributed by atoms with Crippen molar-refractivity contribution < 1.29 is 5.11 Å². The van der Waals surface area contributed by atoms with Gasteiger partial charge in [-0.3, -0.25) is 4.68 Å². The second-order valence-electron chi connectivity index (χ2n) is 3.60. The van der Waals surface area contributed by atoms with E-state index in [1.807, 2.05) is 43.5 Å². The van der Waals surface area contributed by atoms with Crippen LogP contribution < -0.4 is 0 Å². The van der Waals surface area contributed by atoms with Gasteiger partial charge in [0.25, 0.3) is 0 Å². The molecule has 2 rings (SSSR count). The Morgan fingerprint density at radius 3 is 2.80 bits per heavy atom. The molecule has 1 atom stereocenters. The van der Waals surface area contributed by atoms with Crippen molar-refractivity contribution in [2.45, 2.75) is 19.6 Å². The van der Waals surface area contributed by atoms with Crippen LogP contribution in [0, 0.1) is 6.92 Å². The van der Waals surface area contributed by atoms with Crippen molar-refractivity contribution in [2.75, 3.05) is 0 Å². The molecule has 0 aliphatic rings. The predicted octanol–water partition coefficient (Wildman–Crippen LogP) is 1.93. The van der Waals surface area contributed by atoms with Crippen LogP contribution >= 0.6 is 0 Å². The molecular formula is C12H14N2O. The monoisotopic (exact) mass is 202 g/mol. The summed E-state index contributed by atoms with van der Waals surface area (Å²) in [6.45, 7) is 2.50. The molecule has 1 N–H and O–H groups in total. The lowest BCUT2D eigenvalue weighted by molar-refractivity contribution is 0.151. The second kappa shape index (κ2) is 4.28. The van der Waals surface area contributed by atoms with E-state index in [-0.39, 0.29) is 0 Å². The van der Waals surface area contributed by atoms with Gasteiger partial charge in [0.05, 0.1) is 12.6 Å². The highest BCUT2D eigenvalue weighted by Crippen LogP contribution is 2.18. The standard InChI is InChI=1S/C12H14N2O/c1-10-5-2-3-6-11(10)12(15)9-14-8-4-7-13-14/h2-8,12,15H,9H2,1H3. The smallest absolute Gasteiger partial charge is 0.0988 e. The molecule has 1 heterocycles. The van der Waals surface area contributed by atoms with Crippen LogP contribution in [0.4, 0.5) is 0 Å².